The van der Waals surface area contributed by atoms with Gasteiger partial charge in [0.2, 0.25) is 0 Å². The SMILES string of the molecule is CCCC(=S)NC(CCS)C(=O)O. The highest BCUT2D eigenvalue weighted by atomic mass is 32.1. The lowest BCUT2D eigenvalue weighted by molar-refractivity contribution is -0.139. The Kier molecular flexibility index (Phi) is 6.99. The Morgan fingerprint density at radius 3 is 2.69 bits per heavy atom. The lowest BCUT2D eigenvalue weighted by Gasteiger charge is -2.14. The topological polar surface area (TPSA) is 49.3 Å². The van der Waals surface area contributed by atoms with Gasteiger partial charge in [-0.05, 0) is 25.0 Å². The van der Waals surface area contributed by atoms with Gasteiger partial charge in [-0.3, -0.25) is 0 Å². The van der Waals surface area contributed by atoms with Crippen LogP contribution in [0.2, 0.25) is 0 Å². The summed E-state index contributed by atoms with van der Waals surface area (Å²) < 4.78 is 0. The molecule has 0 aliphatic rings. The van der Waals surface area contributed by atoms with E-state index < -0.39 is 12.0 Å². The summed E-state index contributed by atoms with van der Waals surface area (Å²) in [4.78, 5) is 11.3. The average molecular weight is 221 g/mol. The number of rotatable bonds is 6. The van der Waals surface area contributed by atoms with Crippen LogP contribution in [0.3, 0.4) is 0 Å². The zero-order chi connectivity index (χ0) is 10.3. The molecule has 0 heterocycles. The number of carboxylic acid groups (broad SMARTS) is 1. The van der Waals surface area contributed by atoms with Crippen molar-refractivity contribution in [3.8, 4) is 0 Å². The standard InChI is InChI=1S/C8H15NO2S2/c1-2-3-7(13)9-6(4-5-12)8(10)11/h6,12H,2-5H2,1H3,(H,9,13)(H,10,11). The molecule has 0 aromatic carbocycles. The Hall–Kier alpha value is -0.290. The molecule has 0 spiro atoms. The zero-order valence-corrected chi connectivity index (χ0v) is 9.33. The number of thiocarbonyl (C=S) groups is 1. The van der Waals surface area contributed by atoms with Gasteiger partial charge in [-0.25, -0.2) is 4.79 Å². The minimum atomic E-state index is -0.868. The largest absolute Gasteiger partial charge is 0.480 e. The molecular formula is C8H15NO2S2. The number of carbonyl (C=O) groups is 1. The molecule has 13 heavy (non-hydrogen) atoms. The van der Waals surface area contributed by atoms with Crippen molar-refractivity contribution in [2.24, 2.45) is 0 Å². The van der Waals surface area contributed by atoms with Crippen LogP contribution in [0.5, 0.6) is 0 Å². The van der Waals surface area contributed by atoms with Crippen molar-refractivity contribution in [3.05, 3.63) is 0 Å². The van der Waals surface area contributed by atoms with Gasteiger partial charge in [0.05, 0.1) is 4.99 Å². The van der Waals surface area contributed by atoms with Gasteiger partial charge >= 0.3 is 5.97 Å². The lowest BCUT2D eigenvalue weighted by atomic mass is 10.2. The summed E-state index contributed by atoms with van der Waals surface area (Å²) >= 11 is 8.95. The van der Waals surface area contributed by atoms with Gasteiger partial charge in [0, 0.05) is 0 Å². The lowest BCUT2D eigenvalue weighted by Crippen LogP contribution is -2.40. The minimum Gasteiger partial charge on any atom is -0.480 e. The fraction of sp³-hybridized carbons (Fsp3) is 0.750. The molecule has 76 valence electrons. The summed E-state index contributed by atoms with van der Waals surface area (Å²) in [6, 6.07) is -0.587. The molecule has 5 heteroatoms. The molecule has 0 aliphatic carbocycles. The summed E-state index contributed by atoms with van der Waals surface area (Å²) in [7, 11) is 0. The number of hydrogen-bond donors (Lipinski definition) is 3. The molecule has 1 atom stereocenters. The molecular weight excluding hydrogens is 206 g/mol. The number of hydrogen-bond acceptors (Lipinski definition) is 3. The number of thiol groups is 1. The van der Waals surface area contributed by atoms with Gasteiger partial charge in [-0.15, -0.1) is 0 Å². The second-order valence-corrected chi connectivity index (χ2v) is 3.66. The Morgan fingerprint density at radius 1 is 1.69 bits per heavy atom. The normalized spacial score (nSPS) is 12.2. The summed E-state index contributed by atoms with van der Waals surface area (Å²) in [5.41, 5.74) is 0. The molecule has 2 N–H and O–H groups in total. The van der Waals surface area contributed by atoms with Crippen LogP contribution < -0.4 is 5.32 Å². The third-order valence-electron chi connectivity index (χ3n) is 1.53. The highest BCUT2D eigenvalue weighted by molar-refractivity contribution is 7.80. The van der Waals surface area contributed by atoms with E-state index in [1.807, 2.05) is 6.92 Å². The molecule has 0 aromatic rings. The van der Waals surface area contributed by atoms with Crippen molar-refractivity contribution >= 4 is 35.8 Å². The fourth-order valence-corrected chi connectivity index (χ4v) is 1.48. The first kappa shape index (κ1) is 12.7. The molecule has 0 bridgehead atoms. The fourth-order valence-electron chi connectivity index (χ4n) is 0.880. The summed E-state index contributed by atoms with van der Waals surface area (Å²) in [6.45, 7) is 2.00. The molecule has 0 radical (unpaired) electrons. The van der Waals surface area contributed by atoms with Crippen LogP contribution in [-0.4, -0.2) is 27.9 Å². The van der Waals surface area contributed by atoms with Crippen LogP contribution in [-0.2, 0) is 4.79 Å². The van der Waals surface area contributed by atoms with Gasteiger partial charge in [0.25, 0.3) is 0 Å². The van der Waals surface area contributed by atoms with Crippen molar-refractivity contribution in [1.29, 1.82) is 0 Å². The van der Waals surface area contributed by atoms with Crippen molar-refractivity contribution in [1.82, 2.24) is 5.32 Å². The van der Waals surface area contributed by atoms with Crippen LogP contribution in [0, 0.1) is 0 Å². The zero-order valence-electron chi connectivity index (χ0n) is 7.62. The highest BCUT2D eigenvalue weighted by Gasteiger charge is 2.16. The third-order valence-corrected chi connectivity index (χ3v) is 2.11. The molecule has 0 saturated carbocycles. The highest BCUT2D eigenvalue weighted by Crippen LogP contribution is 1.98. The Balaban J connectivity index is 3.94. The van der Waals surface area contributed by atoms with Gasteiger partial charge in [-0.2, -0.15) is 12.6 Å². The Morgan fingerprint density at radius 2 is 2.31 bits per heavy atom. The maximum Gasteiger partial charge on any atom is 0.326 e. The average Bonchev–Trinajstić information content (AvgIpc) is 2.04. The number of aliphatic carboxylic acids is 1. The van der Waals surface area contributed by atoms with E-state index in [0.717, 1.165) is 12.8 Å². The maximum atomic E-state index is 10.7. The summed E-state index contributed by atoms with van der Waals surface area (Å²) in [5, 5.41) is 11.6. The van der Waals surface area contributed by atoms with E-state index in [9.17, 15) is 4.79 Å². The first-order valence-corrected chi connectivity index (χ1v) is 5.29. The van der Waals surface area contributed by atoms with Crippen molar-refractivity contribution in [2.75, 3.05) is 5.75 Å². The second kappa shape index (κ2) is 7.15. The van der Waals surface area contributed by atoms with Crippen molar-refractivity contribution in [2.45, 2.75) is 32.2 Å². The molecule has 0 saturated heterocycles. The van der Waals surface area contributed by atoms with E-state index >= 15 is 0 Å². The molecule has 1 unspecified atom stereocenters. The monoisotopic (exact) mass is 221 g/mol. The van der Waals surface area contributed by atoms with Gasteiger partial charge in [-0.1, -0.05) is 19.1 Å². The third kappa shape index (κ3) is 5.87. The summed E-state index contributed by atoms with van der Waals surface area (Å²) in [6.07, 6.45) is 2.16. The molecule has 0 fully saturated rings. The van der Waals surface area contributed by atoms with Crippen molar-refractivity contribution < 1.29 is 9.90 Å². The second-order valence-electron chi connectivity index (χ2n) is 2.72. The first-order valence-electron chi connectivity index (χ1n) is 4.24. The molecule has 3 nitrogen and oxygen atoms in total. The number of carboxylic acids is 1. The molecule has 0 amide bonds. The minimum absolute atomic E-state index is 0.488. The van der Waals surface area contributed by atoms with Crippen LogP contribution in [0.25, 0.3) is 0 Å². The van der Waals surface area contributed by atoms with E-state index in [1.165, 1.54) is 0 Å². The quantitative estimate of drug-likeness (QED) is 0.470. The van der Waals surface area contributed by atoms with Crippen LogP contribution in [0.1, 0.15) is 26.2 Å². The van der Waals surface area contributed by atoms with Crippen LogP contribution in [0.4, 0.5) is 0 Å². The Bertz CT molecular complexity index is 185. The van der Waals surface area contributed by atoms with Gasteiger partial charge in [0.1, 0.15) is 6.04 Å². The molecule has 0 aliphatic heterocycles. The van der Waals surface area contributed by atoms with E-state index in [2.05, 4.69) is 17.9 Å². The van der Waals surface area contributed by atoms with E-state index in [1.54, 1.807) is 0 Å². The summed E-state index contributed by atoms with van der Waals surface area (Å²) in [5.74, 6) is -0.328. The van der Waals surface area contributed by atoms with Gasteiger partial charge < -0.3 is 10.4 Å². The van der Waals surface area contributed by atoms with Crippen LogP contribution in [0.15, 0.2) is 0 Å². The molecule has 0 rings (SSSR count). The Labute approximate surface area is 89.3 Å². The smallest absolute Gasteiger partial charge is 0.326 e. The van der Waals surface area contributed by atoms with Crippen molar-refractivity contribution in [3.63, 3.8) is 0 Å². The van der Waals surface area contributed by atoms with E-state index in [-0.39, 0.29) is 0 Å². The first-order chi connectivity index (χ1) is 6.11. The molecule has 0 aromatic heterocycles. The van der Waals surface area contributed by atoms with Gasteiger partial charge in [0.15, 0.2) is 0 Å². The maximum absolute atomic E-state index is 10.7. The van der Waals surface area contributed by atoms with E-state index in [4.69, 9.17) is 17.3 Å². The van der Waals surface area contributed by atoms with Crippen LogP contribution >= 0.6 is 24.8 Å². The number of nitrogens with one attached hydrogen (secondary N) is 1. The predicted molar refractivity (Wildman–Crippen MR) is 60.5 cm³/mol. The predicted octanol–water partition coefficient (Wildman–Crippen LogP) is 1.48. The van der Waals surface area contributed by atoms with E-state index in [0.29, 0.717) is 17.2 Å².